The maximum atomic E-state index is 11.4. The fourth-order valence-electron chi connectivity index (χ4n) is 1.17. The normalized spacial score (nSPS) is 10.5. The van der Waals surface area contributed by atoms with Gasteiger partial charge in [-0.15, -0.1) is 0 Å². The number of hydrogen-bond acceptors (Lipinski definition) is 4. The van der Waals surface area contributed by atoms with Crippen molar-refractivity contribution in [3.05, 3.63) is 18.0 Å². The molecule has 0 atom stereocenters. The number of hydrogen-bond donors (Lipinski definition) is 0. The Hall–Kier alpha value is -1.20. The molecule has 0 aliphatic rings. The first-order valence-electron chi connectivity index (χ1n) is 4.78. The van der Waals surface area contributed by atoms with Crippen LogP contribution >= 0.6 is 0 Å². The maximum absolute atomic E-state index is 11.4. The van der Waals surface area contributed by atoms with Crippen LogP contribution in [-0.4, -0.2) is 42.5 Å². The van der Waals surface area contributed by atoms with Crippen molar-refractivity contribution in [2.45, 2.75) is 6.42 Å². The van der Waals surface area contributed by atoms with Crippen molar-refractivity contribution in [2.24, 2.45) is 7.05 Å². The largest absolute Gasteiger partial charge is 0.382 e. The van der Waals surface area contributed by atoms with Crippen molar-refractivity contribution < 1.29 is 14.3 Å². The molecular formula is C10H16N2O3. The molecule has 0 bridgehead atoms. The second-order valence-corrected chi connectivity index (χ2v) is 3.28. The Labute approximate surface area is 89.0 Å². The molecule has 1 rings (SSSR count). The third-order valence-corrected chi connectivity index (χ3v) is 1.85. The van der Waals surface area contributed by atoms with E-state index in [0.717, 1.165) is 5.56 Å². The molecule has 0 unspecified atom stereocenters. The van der Waals surface area contributed by atoms with E-state index in [9.17, 15) is 4.79 Å². The summed E-state index contributed by atoms with van der Waals surface area (Å²) >= 11 is 0. The number of rotatable bonds is 7. The number of Topliss-reactive ketones (excluding diaryl/α,β-unsaturated/α-hetero) is 1. The van der Waals surface area contributed by atoms with Crippen molar-refractivity contribution in [2.75, 3.05) is 26.9 Å². The van der Waals surface area contributed by atoms with E-state index < -0.39 is 0 Å². The van der Waals surface area contributed by atoms with E-state index >= 15 is 0 Å². The van der Waals surface area contributed by atoms with Crippen molar-refractivity contribution in [3.63, 3.8) is 0 Å². The summed E-state index contributed by atoms with van der Waals surface area (Å²) in [6.45, 7) is 1.10. The van der Waals surface area contributed by atoms with Crippen LogP contribution in [0.1, 0.15) is 5.56 Å². The predicted molar refractivity (Wildman–Crippen MR) is 54.6 cm³/mol. The third kappa shape index (κ3) is 4.71. The van der Waals surface area contributed by atoms with Crippen LogP contribution < -0.4 is 0 Å². The van der Waals surface area contributed by atoms with Crippen LogP contribution in [0.25, 0.3) is 0 Å². The Balaban J connectivity index is 2.18. The highest BCUT2D eigenvalue weighted by Gasteiger charge is 2.05. The molecule has 0 N–H and O–H groups in total. The fourth-order valence-corrected chi connectivity index (χ4v) is 1.17. The zero-order valence-electron chi connectivity index (χ0n) is 9.10. The van der Waals surface area contributed by atoms with Gasteiger partial charge in [0.2, 0.25) is 0 Å². The SMILES string of the molecule is COCCOCC(=O)Cc1cnn(C)c1. The minimum Gasteiger partial charge on any atom is -0.382 e. The smallest absolute Gasteiger partial charge is 0.162 e. The first-order chi connectivity index (χ1) is 7.22. The highest BCUT2D eigenvalue weighted by atomic mass is 16.5. The molecule has 0 aliphatic heterocycles. The Kier molecular flexibility index (Phi) is 5.00. The minimum atomic E-state index is 0.0547. The summed E-state index contributed by atoms with van der Waals surface area (Å²) in [6.07, 6.45) is 3.89. The summed E-state index contributed by atoms with van der Waals surface area (Å²) in [5.74, 6) is 0.0547. The van der Waals surface area contributed by atoms with Gasteiger partial charge >= 0.3 is 0 Å². The number of ketones is 1. The number of carbonyl (C=O) groups excluding carboxylic acids is 1. The topological polar surface area (TPSA) is 53.4 Å². The zero-order valence-corrected chi connectivity index (χ0v) is 9.10. The van der Waals surface area contributed by atoms with Gasteiger partial charge in [-0.1, -0.05) is 0 Å². The molecule has 0 amide bonds. The van der Waals surface area contributed by atoms with Gasteiger partial charge in [-0.3, -0.25) is 9.48 Å². The van der Waals surface area contributed by atoms with Crippen molar-refractivity contribution >= 4 is 5.78 Å². The summed E-state index contributed by atoms with van der Waals surface area (Å²) < 4.78 is 11.6. The molecule has 0 saturated carbocycles. The molecule has 5 nitrogen and oxygen atoms in total. The second-order valence-electron chi connectivity index (χ2n) is 3.28. The zero-order chi connectivity index (χ0) is 11.1. The molecule has 1 aromatic heterocycles. The molecule has 5 heteroatoms. The first-order valence-corrected chi connectivity index (χ1v) is 4.78. The lowest BCUT2D eigenvalue weighted by atomic mass is 10.2. The van der Waals surface area contributed by atoms with Crippen LogP contribution in [0.2, 0.25) is 0 Å². The van der Waals surface area contributed by atoms with Crippen LogP contribution in [0.15, 0.2) is 12.4 Å². The van der Waals surface area contributed by atoms with Gasteiger partial charge in [0, 0.05) is 26.8 Å². The molecule has 0 saturated heterocycles. The molecule has 0 aromatic carbocycles. The predicted octanol–water partition coefficient (Wildman–Crippen LogP) is 0.195. The Bertz CT molecular complexity index is 309. The van der Waals surface area contributed by atoms with Crippen LogP contribution in [0.4, 0.5) is 0 Å². The lowest BCUT2D eigenvalue weighted by Crippen LogP contribution is -2.13. The van der Waals surface area contributed by atoms with E-state index in [1.165, 1.54) is 0 Å². The summed E-state index contributed by atoms with van der Waals surface area (Å²) in [7, 11) is 3.42. The number of aromatic nitrogens is 2. The van der Waals surface area contributed by atoms with Crippen molar-refractivity contribution in [1.82, 2.24) is 9.78 Å². The Morgan fingerprint density at radius 3 is 2.93 bits per heavy atom. The first kappa shape index (κ1) is 11.9. The summed E-state index contributed by atoms with van der Waals surface area (Å²) in [5, 5.41) is 3.98. The molecule has 15 heavy (non-hydrogen) atoms. The fraction of sp³-hybridized carbons (Fsp3) is 0.600. The summed E-state index contributed by atoms with van der Waals surface area (Å²) in [4.78, 5) is 11.4. The molecule has 84 valence electrons. The molecule has 0 fully saturated rings. The van der Waals surface area contributed by atoms with E-state index in [1.807, 2.05) is 13.2 Å². The van der Waals surface area contributed by atoms with Crippen LogP contribution in [0, 0.1) is 0 Å². The average molecular weight is 212 g/mol. The number of aryl methyl sites for hydroxylation is 1. The Morgan fingerprint density at radius 2 is 2.33 bits per heavy atom. The van der Waals surface area contributed by atoms with E-state index in [2.05, 4.69) is 5.10 Å². The van der Waals surface area contributed by atoms with Crippen LogP contribution in [0.3, 0.4) is 0 Å². The van der Waals surface area contributed by atoms with Gasteiger partial charge in [-0.05, 0) is 5.56 Å². The van der Waals surface area contributed by atoms with Crippen LogP contribution in [-0.2, 0) is 27.7 Å². The van der Waals surface area contributed by atoms with E-state index in [-0.39, 0.29) is 12.4 Å². The Morgan fingerprint density at radius 1 is 1.53 bits per heavy atom. The number of nitrogens with zero attached hydrogens (tertiary/aromatic N) is 2. The molecule has 0 spiro atoms. The number of methoxy groups -OCH3 is 1. The van der Waals surface area contributed by atoms with Crippen LogP contribution in [0.5, 0.6) is 0 Å². The lowest BCUT2D eigenvalue weighted by molar-refractivity contribution is -0.123. The minimum absolute atomic E-state index is 0.0547. The molecule has 1 aromatic rings. The molecule has 0 aliphatic carbocycles. The second kappa shape index (κ2) is 6.31. The number of ether oxygens (including phenoxy) is 2. The van der Waals surface area contributed by atoms with Gasteiger partial charge in [-0.25, -0.2) is 0 Å². The molecule has 0 radical (unpaired) electrons. The monoisotopic (exact) mass is 212 g/mol. The average Bonchev–Trinajstić information content (AvgIpc) is 2.59. The highest BCUT2D eigenvalue weighted by Crippen LogP contribution is 1.98. The van der Waals surface area contributed by atoms with E-state index in [0.29, 0.717) is 19.6 Å². The van der Waals surface area contributed by atoms with Gasteiger partial charge in [0.25, 0.3) is 0 Å². The molecular weight excluding hydrogens is 196 g/mol. The summed E-state index contributed by atoms with van der Waals surface area (Å²) in [6, 6.07) is 0. The van der Waals surface area contributed by atoms with Crippen molar-refractivity contribution in [3.8, 4) is 0 Å². The van der Waals surface area contributed by atoms with Gasteiger partial charge in [0.05, 0.1) is 19.4 Å². The third-order valence-electron chi connectivity index (χ3n) is 1.85. The van der Waals surface area contributed by atoms with E-state index in [4.69, 9.17) is 9.47 Å². The van der Waals surface area contributed by atoms with E-state index in [1.54, 1.807) is 18.0 Å². The number of carbonyl (C=O) groups is 1. The van der Waals surface area contributed by atoms with Gasteiger partial charge in [-0.2, -0.15) is 5.10 Å². The highest BCUT2D eigenvalue weighted by molar-refractivity contribution is 5.81. The van der Waals surface area contributed by atoms with Gasteiger partial charge < -0.3 is 9.47 Å². The van der Waals surface area contributed by atoms with Gasteiger partial charge in [0.15, 0.2) is 5.78 Å². The standard InChI is InChI=1S/C10H16N2O3/c1-12-7-9(6-11-12)5-10(13)8-15-4-3-14-2/h6-7H,3-5,8H2,1-2H3. The quantitative estimate of drug-likeness (QED) is 0.606. The van der Waals surface area contributed by atoms with Gasteiger partial charge in [0.1, 0.15) is 6.61 Å². The molecule has 1 heterocycles. The maximum Gasteiger partial charge on any atom is 0.162 e. The summed E-state index contributed by atoms with van der Waals surface area (Å²) in [5.41, 5.74) is 0.915. The van der Waals surface area contributed by atoms with Crippen molar-refractivity contribution in [1.29, 1.82) is 0 Å². The lowest BCUT2D eigenvalue weighted by Gasteiger charge is -2.01.